The Morgan fingerprint density at radius 1 is 1.16 bits per heavy atom. The first-order chi connectivity index (χ1) is 15.2. The second-order valence-corrected chi connectivity index (χ2v) is 8.87. The quantitative estimate of drug-likeness (QED) is 0.464. The summed E-state index contributed by atoms with van der Waals surface area (Å²) in [7, 11) is 1.51. The minimum Gasteiger partial charge on any atom is -0.462 e. The summed E-state index contributed by atoms with van der Waals surface area (Å²) in [5.41, 5.74) is 2.22. The van der Waals surface area contributed by atoms with Crippen molar-refractivity contribution in [2.45, 2.75) is 39.5 Å². The third kappa shape index (κ3) is 4.98. The molecule has 0 bridgehead atoms. The fraction of sp³-hybridized carbons (Fsp3) is 0.458. The van der Waals surface area contributed by atoms with Gasteiger partial charge in [-0.05, 0) is 38.3 Å². The third-order valence-corrected chi connectivity index (χ3v) is 6.16. The molecule has 1 N–H and O–H groups in total. The molecule has 1 heterocycles. The summed E-state index contributed by atoms with van der Waals surface area (Å²) in [5.74, 6) is -2.00. The van der Waals surface area contributed by atoms with Gasteiger partial charge in [-0.3, -0.25) is 0 Å². The highest BCUT2D eigenvalue weighted by Crippen LogP contribution is 2.46. The molecule has 0 spiro atoms. The molecular formula is C24H27ClN2O5. The number of methoxy groups -OCH3 is 1. The van der Waals surface area contributed by atoms with Crippen LogP contribution in [-0.2, 0) is 23.8 Å². The zero-order valence-corrected chi connectivity index (χ0v) is 19.5. The van der Waals surface area contributed by atoms with Crippen molar-refractivity contribution >= 4 is 23.5 Å². The number of benzene rings is 1. The van der Waals surface area contributed by atoms with E-state index in [-0.39, 0.29) is 40.4 Å². The summed E-state index contributed by atoms with van der Waals surface area (Å²) < 4.78 is 16.0. The van der Waals surface area contributed by atoms with Gasteiger partial charge >= 0.3 is 11.9 Å². The number of hydrogen-bond acceptors (Lipinski definition) is 7. The van der Waals surface area contributed by atoms with Gasteiger partial charge in [0.25, 0.3) is 0 Å². The largest absolute Gasteiger partial charge is 0.462 e. The number of nitrogens with zero attached hydrogens (tertiary/aromatic N) is 1. The van der Waals surface area contributed by atoms with Crippen LogP contribution in [0.4, 0.5) is 0 Å². The lowest BCUT2D eigenvalue weighted by molar-refractivity contribution is -0.141. The zero-order valence-electron chi connectivity index (χ0n) is 18.7. The number of hydrogen-bond donors (Lipinski definition) is 1. The van der Waals surface area contributed by atoms with Crippen LogP contribution >= 0.6 is 11.6 Å². The van der Waals surface area contributed by atoms with Gasteiger partial charge < -0.3 is 19.5 Å². The molecule has 170 valence electrons. The second kappa shape index (κ2) is 9.76. The summed E-state index contributed by atoms with van der Waals surface area (Å²) in [4.78, 5) is 26.3. The molecule has 0 aromatic heterocycles. The van der Waals surface area contributed by atoms with Gasteiger partial charge in [0.1, 0.15) is 12.7 Å². The Balaban J connectivity index is 2.07. The molecule has 0 amide bonds. The highest BCUT2D eigenvalue weighted by atomic mass is 35.5. The van der Waals surface area contributed by atoms with Crippen LogP contribution in [-0.4, -0.2) is 38.9 Å². The number of esters is 2. The van der Waals surface area contributed by atoms with Gasteiger partial charge in [0, 0.05) is 23.9 Å². The maximum Gasteiger partial charge on any atom is 0.336 e. The number of ether oxygens (including phenoxy) is 3. The summed E-state index contributed by atoms with van der Waals surface area (Å²) >= 11 is 6.29. The number of nitrogens with one attached hydrogen (secondary N) is 1. The van der Waals surface area contributed by atoms with E-state index >= 15 is 0 Å². The summed E-state index contributed by atoms with van der Waals surface area (Å²) in [6.07, 6.45) is 2.01. The standard InChI is InChI=1S/C24H27ClN2O5/c1-14-19(22(28)31-11-10-30-4)21(16-6-5-7-18(25)17(16)12-26)20(15(2)27-14)23(29)32-13-24(3)8-9-24/h5-7,21,27H,8-11,13H2,1-4H3. The van der Waals surface area contributed by atoms with Crippen molar-refractivity contribution in [1.29, 1.82) is 5.26 Å². The number of nitriles is 1. The lowest BCUT2D eigenvalue weighted by atomic mass is 9.78. The van der Waals surface area contributed by atoms with Crippen LogP contribution < -0.4 is 5.32 Å². The Kier molecular flexibility index (Phi) is 7.27. The molecule has 1 aromatic rings. The third-order valence-electron chi connectivity index (χ3n) is 5.84. The molecule has 8 heteroatoms. The predicted octanol–water partition coefficient (Wildman–Crippen LogP) is 3.98. The molecule has 0 radical (unpaired) electrons. The van der Waals surface area contributed by atoms with Gasteiger partial charge in [0.15, 0.2) is 0 Å². The highest BCUT2D eigenvalue weighted by Gasteiger charge is 2.42. The van der Waals surface area contributed by atoms with Crippen molar-refractivity contribution in [3.63, 3.8) is 0 Å². The molecule has 7 nitrogen and oxygen atoms in total. The van der Waals surface area contributed by atoms with Crippen molar-refractivity contribution in [2.24, 2.45) is 5.41 Å². The van der Waals surface area contributed by atoms with Gasteiger partial charge in [0.05, 0.1) is 40.9 Å². The van der Waals surface area contributed by atoms with E-state index in [0.29, 0.717) is 23.6 Å². The van der Waals surface area contributed by atoms with Crippen LogP contribution in [0.5, 0.6) is 0 Å². The normalized spacial score (nSPS) is 19.2. The van der Waals surface area contributed by atoms with E-state index in [1.165, 1.54) is 7.11 Å². The Labute approximate surface area is 193 Å². The van der Waals surface area contributed by atoms with E-state index < -0.39 is 17.9 Å². The molecular weight excluding hydrogens is 432 g/mol. The minimum absolute atomic E-state index is 0.00323. The van der Waals surface area contributed by atoms with E-state index in [4.69, 9.17) is 25.8 Å². The minimum atomic E-state index is -0.862. The van der Waals surface area contributed by atoms with E-state index in [1.54, 1.807) is 32.0 Å². The predicted molar refractivity (Wildman–Crippen MR) is 119 cm³/mol. The van der Waals surface area contributed by atoms with E-state index in [0.717, 1.165) is 12.8 Å². The molecule has 3 rings (SSSR count). The van der Waals surface area contributed by atoms with Gasteiger partial charge in [-0.1, -0.05) is 30.7 Å². The number of carbonyl (C=O) groups is 2. The lowest BCUT2D eigenvalue weighted by Crippen LogP contribution is -2.33. The van der Waals surface area contributed by atoms with Crippen molar-refractivity contribution in [3.05, 3.63) is 56.9 Å². The lowest BCUT2D eigenvalue weighted by Gasteiger charge is -2.31. The average molecular weight is 459 g/mol. The van der Waals surface area contributed by atoms with Crippen molar-refractivity contribution in [2.75, 3.05) is 26.9 Å². The molecule has 2 aliphatic rings. The molecule has 1 atom stereocenters. The van der Waals surface area contributed by atoms with Crippen molar-refractivity contribution in [1.82, 2.24) is 5.32 Å². The number of rotatable bonds is 8. The second-order valence-electron chi connectivity index (χ2n) is 8.47. The Morgan fingerprint density at radius 3 is 2.34 bits per heavy atom. The van der Waals surface area contributed by atoms with Gasteiger partial charge in [-0.25, -0.2) is 9.59 Å². The average Bonchev–Trinajstić information content (AvgIpc) is 3.49. The molecule has 0 saturated heterocycles. The maximum atomic E-state index is 13.3. The fourth-order valence-electron chi connectivity index (χ4n) is 3.72. The van der Waals surface area contributed by atoms with E-state index in [2.05, 4.69) is 18.3 Å². The molecule has 1 unspecified atom stereocenters. The number of carbonyl (C=O) groups excluding carboxylic acids is 2. The van der Waals surface area contributed by atoms with Crippen molar-refractivity contribution in [3.8, 4) is 6.07 Å². The summed E-state index contributed by atoms with van der Waals surface area (Å²) in [6, 6.07) is 7.09. The van der Waals surface area contributed by atoms with Gasteiger partial charge in [0.2, 0.25) is 0 Å². The van der Waals surface area contributed by atoms with E-state index in [9.17, 15) is 14.9 Å². The maximum absolute atomic E-state index is 13.3. The van der Waals surface area contributed by atoms with Crippen LogP contribution in [0.2, 0.25) is 5.02 Å². The first-order valence-corrected chi connectivity index (χ1v) is 10.8. The van der Waals surface area contributed by atoms with Crippen LogP contribution in [0.1, 0.15) is 50.7 Å². The topological polar surface area (TPSA) is 97.7 Å². The fourth-order valence-corrected chi connectivity index (χ4v) is 3.94. The molecule has 1 saturated carbocycles. The van der Waals surface area contributed by atoms with Crippen LogP contribution in [0.3, 0.4) is 0 Å². The molecule has 1 aliphatic carbocycles. The molecule has 32 heavy (non-hydrogen) atoms. The number of dihydropyridines is 1. The number of halogens is 1. The SMILES string of the molecule is COCCOC(=O)C1=C(C)NC(C)=C(C(=O)OCC2(C)CC2)C1c1cccc(Cl)c1C#N. The summed E-state index contributed by atoms with van der Waals surface area (Å²) in [5, 5.41) is 13.1. The first-order valence-electron chi connectivity index (χ1n) is 10.4. The first kappa shape index (κ1) is 23.8. The van der Waals surface area contributed by atoms with Crippen LogP contribution in [0, 0.1) is 16.7 Å². The van der Waals surface area contributed by atoms with Gasteiger partial charge in [-0.2, -0.15) is 5.26 Å². The van der Waals surface area contributed by atoms with Crippen LogP contribution in [0.15, 0.2) is 40.7 Å². The Morgan fingerprint density at radius 2 is 1.78 bits per heavy atom. The Hall–Kier alpha value is -2.82. The monoisotopic (exact) mass is 458 g/mol. The van der Waals surface area contributed by atoms with Crippen molar-refractivity contribution < 1.29 is 23.8 Å². The molecule has 1 aromatic carbocycles. The summed E-state index contributed by atoms with van der Waals surface area (Å²) in [6.45, 7) is 6.13. The van der Waals surface area contributed by atoms with E-state index in [1.807, 2.05) is 0 Å². The van der Waals surface area contributed by atoms with Gasteiger partial charge in [-0.15, -0.1) is 0 Å². The zero-order chi connectivity index (χ0) is 23.5. The highest BCUT2D eigenvalue weighted by molar-refractivity contribution is 6.31. The molecule has 1 fully saturated rings. The Bertz CT molecular complexity index is 1030. The smallest absolute Gasteiger partial charge is 0.336 e. The number of allylic oxidation sites excluding steroid dienone is 2. The van der Waals surface area contributed by atoms with Crippen LogP contribution in [0.25, 0.3) is 0 Å². The molecule has 1 aliphatic heterocycles.